The first kappa shape index (κ1) is 49.6. The van der Waals surface area contributed by atoms with Crippen LogP contribution in [0, 0.1) is 0 Å². The number of halogens is 2. The van der Waals surface area contributed by atoms with E-state index < -0.39 is 40.5 Å². The third-order valence-electron chi connectivity index (χ3n) is 18.7. The molecule has 0 saturated heterocycles. The van der Waals surface area contributed by atoms with Crippen molar-refractivity contribution in [1.29, 1.82) is 0 Å². The van der Waals surface area contributed by atoms with E-state index in [2.05, 4.69) is 291 Å². The Morgan fingerprint density at radius 1 is 0.171 bits per heavy atom. The van der Waals surface area contributed by atoms with Crippen molar-refractivity contribution in [3.8, 4) is 0 Å². The third-order valence-corrected chi connectivity index (χ3v) is 49.8. The summed E-state index contributed by atoms with van der Waals surface area (Å²) in [6.07, 6.45) is 40.3. The zero-order valence-electron chi connectivity index (χ0n) is 42.1. The van der Waals surface area contributed by atoms with Crippen LogP contribution in [0.2, 0.25) is 0 Å². The summed E-state index contributed by atoms with van der Waals surface area (Å²) in [6.45, 7) is 0. The Hall–Kier alpha value is -5.97. The number of hydrogen-bond donors (Lipinski definition) is 0. The van der Waals surface area contributed by atoms with Crippen molar-refractivity contribution in [3.05, 3.63) is 332 Å². The van der Waals surface area contributed by atoms with Crippen LogP contribution in [0.15, 0.2) is 243 Å². The molecule has 0 radical (unpaired) electrons. The Bertz CT molecular complexity index is 3090. The number of hydrogen-bond acceptors (Lipinski definition) is 0. The molecular weight excluding hydrogens is 1120 g/mol. The van der Waals surface area contributed by atoms with Gasteiger partial charge in [-0.3, -0.25) is 0 Å². The van der Waals surface area contributed by atoms with Gasteiger partial charge in [0.05, 0.1) is 0 Å². The molecule has 0 fully saturated rings. The van der Waals surface area contributed by atoms with E-state index in [1.54, 1.807) is 44.5 Å². The van der Waals surface area contributed by atoms with Crippen LogP contribution in [0.25, 0.3) is 48.6 Å². The summed E-state index contributed by atoms with van der Waals surface area (Å²) in [4.78, 5) is 0. The van der Waals surface area contributed by atoms with Gasteiger partial charge < -0.3 is 24.8 Å². The van der Waals surface area contributed by atoms with Crippen LogP contribution in [-0.2, 0) is 40.5 Å². The fraction of sp³-hybridized carbons (Fsp3) is 0.111. The zero-order valence-corrected chi connectivity index (χ0v) is 48.5. The van der Waals surface area contributed by atoms with Gasteiger partial charge in [-0.25, -0.2) is 0 Å². The molecule has 76 heavy (non-hydrogen) atoms. The predicted molar refractivity (Wildman–Crippen MR) is 306 cm³/mol. The van der Waals surface area contributed by atoms with Gasteiger partial charge >= 0.3 is 450 Å². The van der Waals surface area contributed by atoms with Crippen LogP contribution in [0.3, 0.4) is 0 Å². The van der Waals surface area contributed by atoms with Crippen LogP contribution in [0.1, 0.15) is 118 Å². The van der Waals surface area contributed by atoms with Gasteiger partial charge in [0.2, 0.25) is 0 Å². The minimum atomic E-state index is -3.57. The minimum absolute atomic E-state index is 0. The Labute approximate surface area is 470 Å². The van der Waals surface area contributed by atoms with Crippen molar-refractivity contribution in [2.24, 2.45) is 0 Å². The maximum Gasteiger partial charge on any atom is -1.00 e. The van der Waals surface area contributed by atoms with Crippen LogP contribution in [-0.4, -0.2) is 0 Å². The Balaban J connectivity index is 0.000000142. The molecular formula is C72H56Cl2Zr2. The second kappa shape index (κ2) is 20.1. The molecule has 0 aromatic heterocycles. The molecule has 0 bridgehead atoms. The molecule has 16 rings (SSSR count). The second-order valence-electron chi connectivity index (χ2n) is 21.7. The van der Waals surface area contributed by atoms with Crippen LogP contribution in [0.5, 0.6) is 0 Å². The minimum Gasteiger partial charge on any atom is -1.00 e. The van der Waals surface area contributed by atoms with E-state index in [0.29, 0.717) is 29.0 Å². The molecule has 366 valence electrons. The Morgan fingerprint density at radius 2 is 0.289 bits per heavy atom. The molecule has 4 heteroatoms. The molecule has 8 aromatic carbocycles. The Morgan fingerprint density at radius 3 is 0.421 bits per heavy atom. The van der Waals surface area contributed by atoms with Gasteiger partial charge in [-0.1, -0.05) is 0 Å². The van der Waals surface area contributed by atoms with Crippen molar-refractivity contribution in [1.82, 2.24) is 0 Å². The number of benzene rings is 8. The molecule has 0 spiro atoms. The fourth-order valence-electron chi connectivity index (χ4n) is 15.8. The fourth-order valence-corrected chi connectivity index (χ4v) is 51.4. The van der Waals surface area contributed by atoms with Crippen molar-refractivity contribution in [3.63, 3.8) is 0 Å². The third kappa shape index (κ3) is 7.49. The Kier molecular flexibility index (Phi) is 13.1. The summed E-state index contributed by atoms with van der Waals surface area (Å²) in [5, 5.41) is 0. The topological polar surface area (TPSA) is 0 Å². The average molecular weight is 1170 g/mol. The smallest absolute Gasteiger partial charge is 1.00 e. The van der Waals surface area contributed by atoms with Gasteiger partial charge in [-0.15, -0.1) is 0 Å². The van der Waals surface area contributed by atoms with E-state index in [-0.39, 0.29) is 24.8 Å². The van der Waals surface area contributed by atoms with Gasteiger partial charge in [-0.2, -0.15) is 0 Å². The van der Waals surface area contributed by atoms with E-state index in [1.165, 1.54) is 44.5 Å². The molecule has 8 unspecified atom stereocenters. The second-order valence-corrected chi connectivity index (χ2v) is 43.8. The monoisotopic (exact) mass is 1170 g/mol. The molecule has 8 atom stereocenters. The SMILES string of the molecule is C1=C[CH]([Zr+]([CH]2C=Cc3ccccc32)([CH]2C=Cc3ccccc32)[CH]2C=Cc3ccccc32)c2ccccc21.C1=C[CH]([Zr+]([CH]2C=Cc3ccccc32)([CH]2C=Cc3ccccc32)[CH]2C=Cc3ccccc32)c2ccccc21.[Cl-].[Cl-]. The van der Waals surface area contributed by atoms with Crippen molar-refractivity contribution >= 4 is 48.6 Å². The van der Waals surface area contributed by atoms with Crippen LogP contribution < -0.4 is 24.8 Å². The maximum absolute atomic E-state index is 3.57. The van der Waals surface area contributed by atoms with Gasteiger partial charge in [-0.05, 0) is 0 Å². The summed E-state index contributed by atoms with van der Waals surface area (Å²) < 4.78 is 3.84. The molecule has 0 heterocycles. The molecule has 0 nitrogen and oxygen atoms in total. The van der Waals surface area contributed by atoms with Gasteiger partial charge in [0.15, 0.2) is 0 Å². The van der Waals surface area contributed by atoms with E-state index in [9.17, 15) is 0 Å². The zero-order chi connectivity index (χ0) is 48.8. The first-order chi connectivity index (χ1) is 36.7. The first-order valence-corrected chi connectivity index (χ1v) is 38.2. The van der Waals surface area contributed by atoms with Crippen molar-refractivity contribution in [2.75, 3.05) is 0 Å². The standard InChI is InChI=1S/8C9H7.2ClH.2Zr/c8*1-2-5-9-7-3-6-8(9)4-1;;;;/h8*1-7H;2*1H;;/q;;;;;;;;;;2*+1/p-2. The van der Waals surface area contributed by atoms with Crippen LogP contribution in [0.4, 0.5) is 0 Å². The maximum atomic E-state index is 2.61. The molecule has 0 amide bonds. The first-order valence-electron chi connectivity index (χ1n) is 26.9. The van der Waals surface area contributed by atoms with Gasteiger partial charge in [0.25, 0.3) is 0 Å². The molecule has 8 aliphatic rings. The van der Waals surface area contributed by atoms with E-state index in [1.807, 2.05) is 0 Å². The van der Waals surface area contributed by atoms with Crippen LogP contribution >= 0.6 is 0 Å². The number of fused-ring (bicyclic) bond motifs is 8. The normalized spacial score (nSPS) is 24.4. The van der Waals surface area contributed by atoms with E-state index >= 15 is 0 Å². The predicted octanol–water partition coefficient (Wildman–Crippen LogP) is 12.4. The summed E-state index contributed by atoms with van der Waals surface area (Å²) in [6, 6.07) is 73.5. The van der Waals surface area contributed by atoms with Gasteiger partial charge in [0.1, 0.15) is 0 Å². The van der Waals surface area contributed by atoms with Crippen molar-refractivity contribution in [2.45, 2.75) is 29.0 Å². The molecule has 8 aromatic rings. The van der Waals surface area contributed by atoms with E-state index in [4.69, 9.17) is 0 Å². The summed E-state index contributed by atoms with van der Waals surface area (Å²) in [5.41, 5.74) is 23.7. The summed E-state index contributed by atoms with van der Waals surface area (Å²) >= 11 is -7.15. The number of rotatable bonds is 8. The summed E-state index contributed by atoms with van der Waals surface area (Å²) in [7, 11) is 0. The van der Waals surface area contributed by atoms with Crippen molar-refractivity contribution < 1.29 is 65.3 Å². The molecule has 0 aliphatic heterocycles. The summed E-state index contributed by atoms with van der Waals surface area (Å²) in [5.74, 6) is 0. The number of allylic oxidation sites excluding steroid dienone is 8. The molecule has 0 N–H and O–H groups in total. The molecule has 8 aliphatic carbocycles. The average Bonchev–Trinajstić information content (AvgIpc) is 4.52. The largest absolute Gasteiger partial charge is 1.00 e. The van der Waals surface area contributed by atoms with E-state index in [0.717, 1.165) is 0 Å². The molecule has 0 saturated carbocycles. The van der Waals surface area contributed by atoms with Gasteiger partial charge in [0, 0.05) is 0 Å². The quantitative estimate of drug-likeness (QED) is 0.142.